The van der Waals surface area contributed by atoms with Crippen LogP contribution < -0.4 is 20.5 Å². The van der Waals surface area contributed by atoms with Gasteiger partial charge in [-0.05, 0) is 25.0 Å². The summed E-state index contributed by atoms with van der Waals surface area (Å²) < 4.78 is 16.4. The zero-order chi connectivity index (χ0) is 18.6. The van der Waals surface area contributed by atoms with Gasteiger partial charge in [-0.3, -0.25) is 0 Å². The van der Waals surface area contributed by atoms with Crippen LogP contribution in [-0.4, -0.2) is 39.4 Å². The highest BCUT2D eigenvalue weighted by atomic mass is 16.5. The van der Waals surface area contributed by atoms with E-state index in [1.165, 1.54) is 0 Å². The van der Waals surface area contributed by atoms with Crippen LogP contribution in [0.1, 0.15) is 33.6 Å². The summed E-state index contributed by atoms with van der Waals surface area (Å²) in [5.41, 5.74) is 6.99. The van der Waals surface area contributed by atoms with Gasteiger partial charge in [0.15, 0.2) is 5.96 Å². The Hall–Kier alpha value is -1.95. The highest BCUT2D eigenvalue weighted by Gasteiger charge is 2.58. The van der Waals surface area contributed by atoms with E-state index >= 15 is 0 Å². The lowest BCUT2D eigenvalue weighted by Gasteiger charge is -2.57. The Balaban J connectivity index is 2.24. The van der Waals surface area contributed by atoms with Crippen molar-refractivity contribution in [2.75, 3.05) is 26.6 Å². The minimum absolute atomic E-state index is 0.0406. The number of ether oxygens (including phenoxy) is 3. The number of anilines is 1. The molecule has 3 atom stereocenters. The summed E-state index contributed by atoms with van der Waals surface area (Å²) in [6, 6.07) is 5.66. The molecule has 0 aliphatic heterocycles. The quantitative estimate of drug-likeness (QED) is 0.583. The van der Waals surface area contributed by atoms with Crippen molar-refractivity contribution >= 4 is 11.6 Å². The number of nitrogens with zero attached hydrogens (tertiary/aromatic N) is 1. The van der Waals surface area contributed by atoms with Crippen molar-refractivity contribution in [2.45, 2.75) is 45.8 Å². The lowest BCUT2D eigenvalue weighted by atomic mass is 9.53. The molecule has 1 aromatic rings. The fourth-order valence-electron chi connectivity index (χ4n) is 4.26. The molecule has 1 aromatic carbocycles. The van der Waals surface area contributed by atoms with E-state index in [9.17, 15) is 0 Å². The highest BCUT2D eigenvalue weighted by Crippen LogP contribution is 2.54. The van der Waals surface area contributed by atoms with Crippen LogP contribution in [0.2, 0.25) is 0 Å². The third kappa shape index (κ3) is 3.40. The molecule has 0 amide bonds. The summed E-state index contributed by atoms with van der Waals surface area (Å²) in [4.78, 5) is 4.79. The van der Waals surface area contributed by atoms with Gasteiger partial charge in [-0.15, -0.1) is 0 Å². The molecule has 2 rings (SSSR count). The van der Waals surface area contributed by atoms with Gasteiger partial charge in [0.1, 0.15) is 11.5 Å². The van der Waals surface area contributed by atoms with Crippen LogP contribution in [0.5, 0.6) is 11.5 Å². The molecule has 0 heterocycles. The van der Waals surface area contributed by atoms with Crippen molar-refractivity contribution in [1.82, 2.24) is 0 Å². The first-order chi connectivity index (χ1) is 12.0. The minimum atomic E-state index is 0.0406. The van der Waals surface area contributed by atoms with Crippen molar-refractivity contribution in [3.05, 3.63) is 18.2 Å². The predicted molar refractivity (Wildman–Crippen MR) is 102 cm³/mol. The van der Waals surface area contributed by atoms with Crippen LogP contribution in [0.15, 0.2) is 23.2 Å². The van der Waals surface area contributed by atoms with E-state index in [2.05, 4.69) is 26.1 Å². The number of nitrogens with two attached hydrogens (primary N) is 1. The average Bonchev–Trinajstić information content (AvgIpc) is 2.63. The van der Waals surface area contributed by atoms with E-state index in [0.29, 0.717) is 17.6 Å². The van der Waals surface area contributed by atoms with Gasteiger partial charge in [0.2, 0.25) is 0 Å². The Morgan fingerprint density at radius 1 is 1.20 bits per heavy atom. The van der Waals surface area contributed by atoms with E-state index in [4.69, 9.17) is 24.9 Å². The molecule has 0 aromatic heterocycles. The predicted octanol–water partition coefficient (Wildman–Crippen LogP) is 3.27. The van der Waals surface area contributed by atoms with Gasteiger partial charge < -0.3 is 25.3 Å². The van der Waals surface area contributed by atoms with Crippen LogP contribution >= 0.6 is 0 Å². The van der Waals surface area contributed by atoms with Gasteiger partial charge in [-0.25, -0.2) is 4.99 Å². The largest absolute Gasteiger partial charge is 0.497 e. The first kappa shape index (κ1) is 19.4. The SMILES string of the molecule is CCC1(CC)C(N=C(N)Nc2cc(OC)ccc2OC)C(C)C1OC. The van der Waals surface area contributed by atoms with Crippen molar-refractivity contribution in [3.8, 4) is 11.5 Å². The molecule has 6 heteroatoms. The second-order valence-corrected chi connectivity index (χ2v) is 6.61. The normalized spacial score (nSPS) is 25.2. The molecule has 0 saturated heterocycles. The van der Waals surface area contributed by atoms with Crippen molar-refractivity contribution < 1.29 is 14.2 Å². The number of aliphatic imine (C=N–C) groups is 1. The molecule has 3 N–H and O–H groups in total. The summed E-state index contributed by atoms with van der Waals surface area (Å²) in [5.74, 6) is 2.12. The topological polar surface area (TPSA) is 78.1 Å². The molecule has 0 spiro atoms. The summed E-state index contributed by atoms with van der Waals surface area (Å²) in [7, 11) is 5.03. The molecule has 1 fully saturated rings. The number of rotatable bonds is 7. The smallest absolute Gasteiger partial charge is 0.193 e. The summed E-state index contributed by atoms with van der Waals surface area (Å²) in [6.07, 6.45) is 2.24. The van der Waals surface area contributed by atoms with Crippen molar-refractivity contribution in [2.24, 2.45) is 22.1 Å². The van der Waals surface area contributed by atoms with E-state index in [1.54, 1.807) is 21.3 Å². The second-order valence-electron chi connectivity index (χ2n) is 6.61. The van der Waals surface area contributed by atoms with Crippen molar-refractivity contribution in [3.63, 3.8) is 0 Å². The van der Waals surface area contributed by atoms with Crippen LogP contribution in [0.4, 0.5) is 5.69 Å². The second kappa shape index (κ2) is 7.95. The fourth-order valence-corrected chi connectivity index (χ4v) is 4.26. The molecule has 25 heavy (non-hydrogen) atoms. The maximum atomic E-state index is 6.21. The third-order valence-electron chi connectivity index (χ3n) is 5.65. The van der Waals surface area contributed by atoms with Gasteiger partial charge in [0.05, 0.1) is 32.1 Å². The lowest BCUT2D eigenvalue weighted by molar-refractivity contribution is -0.156. The Morgan fingerprint density at radius 3 is 2.40 bits per heavy atom. The van der Waals surface area contributed by atoms with Gasteiger partial charge in [-0.2, -0.15) is 0 Å². The first-order valence-electron chi connectivity index (χ1n) is 8.82. The maximum Gasteiger partial charge on any atom is 0.193 e. The number of guanidine groups is 1. The first-order valence-corrected chi connectivity index (χ1v) is 8.82. The van der Waals surface area contributed by atoms with E-state index in [0.717, 1.165) is 24.3 Å². The Kier molecular flexibility index (Phi) is 6.16. The molecule has 3 unspecified atom stereocenters. The molecule has 1 aliphatic carbocycles. The van der Waals surface area contributed by atoms with E-state index in [1.807, 2.05) is 18.2 Å². The molecular weight excluding hydrogens is 318 g/mol. The van der Waals surface area contributed by atoms with E-state index in [-0.39, 0.29) is 17.6 Å². The van der Waals surface area contributed by atoms with Gasteiger partial charge in [-0.1, -0.05) is 20.8 Å². The average molecular weight is 349 g/mol. The number of methoxy groups -OCH3 is 3. The van der Waals surface area contributed by atoms with Gasteiger partial charge in [0.25, 0.3) is 0 Å². The molecule has 0 radical (unpaired) electrons. The number of hydrogen-bond acceptors (Lipinski definition) is 4. The summed E-state index contributed by atoms with van der Waals surface area (Å²) >= 11 is 0. The maximum absolute atomic E-state index is 6.21. The standard InChI is InChI=1S/C19H31N3O3/c1-7-19(8-2)16(12(3)17(19)25-6)22-18(20)21-14-11-13(23-4)9-10-15(14)24-5/h9-12,16-17H,7-8H2,1-6H3,(H3,20,21,22). The van der Waals surface area contributed by atoms with Gasteiger partial charge in [0, 0.05) is 24.5 Å². The molecule has 0 bridgehead atoms. The Morgan fingerprint density at radius 2 is 1.88 bits per heavy atom. The van der Waals surface area contributed by atoms with Crippen LogP contribution in [0.25, 0.3) is 0 Å². The monoisotopic (exact) mass is 349 g/mol. The molecule has 140 valence electrons. The summed E-state index contributed by atoms with van der Waals surface area (Å²) in [6.45, 7) is 6.56. The van der Waals surface area contributed by atoms with Crippen molar-refractivity contribution in [1.29, 1.82) is 0 Å². The number of benzene rings is 1. The zero-order valence-corrected chi connectivity index (χ0v) is 16.1. The molecule has 6 nitrogen and oxygen atoms in total. The Bertz CT molecular complexity index is 614. The number of hydrogen-bond donors (Lipinski definition) is 2. The molecule has 1 aliphatic rings. The lowest BCUT2D eigenvalue weighted by Crippen LogP contribution is -2.63. The number of nitrogens with one attached hydrogen (secondary N) is 1. The van der Waals surface area contributed by atoms with Crippen LogP contribution in [0.3, 0.4) is 0 Å². The zero-order valence-electron chi connectivity index (χ0n) is 16.1. The summed E-state index contributed by atoms with van der Waals surface area (Å²) in [5, 5.41) is 3.16. The Labute approximate surface area is 150 Å². The molecule has 1 saturated carbocycles. The van der Waals surface area contributed by atoms with Gasteiger partial charge >= 0.3 is 0 Å². The van der Waals surface area contributed by atoms with Crippen LogP contribution in [0, 0.1) is 11.3 Å². The third-order valence-corrected chi connectivity index (χ3v) is 5.65. The minimum Gasteiger partial charge on any atom is -0.497 e. The highest BCUT2D eigenvalue weighted by molar-refractivity contribution is 5.94. The fraction of sp³-hybridized carbons (Fsp3) is 0.632. The van der Waals surface area contributed by atoms with E-state index < -0.39 is 0 Å². The van der Waals surface area contributed by atoms with Crippen LogP contribution in [-0.2, 0) is 4.74 Å². The molecular formula is C19H31N3O3.